The van der Waals surface area contributed by atoms with Gasteiger partial charge in [-0.1, -0.05) is 20.3 Å². The van der Waals surface area contributed by atoms with E-state index in [1.807, 2.05) is 6.92 Å². The minimum atomic E-state index is -0.884. The number of rotatable bonds is 3. The summed E-state index contributed by atoms with van der Waals surface area (Å²) in [6.07, 6.45) is 0.994. The van der Waals surface area contributed by atoms with Crippen molar-refractivity contribution in [3.05, 3.63) is 29.6 Å². The molecule has 2 rings (SSSR count). The van der Waals surface area contributed by atoms with E-state index < -0.39 is 17.5 Å². The van der Waals surface area contributed by atoms with Gasteiger partial charge < -0.3 is 10.2 Å². The summed E-state index contributed by atoms with van der Waals surface area (Å²) in [5, 5.41) is 3.41. The number of hydrogen-bond donors (Lipinski definition) is 1. The Balaban J connectivity index is 2.30. The molecule has 0 bridgehead atoms. The van der Waals surface area contributed by atoms with Gasteiger partial charge in [-0.3, -0.25) is 0 Å². The molecule has 1 aliphatic rings. The molecule has 0 aromatic heterocycles. The highest BCUT2D eigenvalue weighted by atomic mass is 19.1. The Morgan fingerprint density at radius 1 is 1.30 bits per heavy atom. The zero-order chi connectivity index (χ0) is 14.9. The van der Waals surface area contributed by atoms with Crippen LogP contribution in [0.4, 0.5) is 18.9 Å². The lowest BCUT2D eigenvalue weighted by atomic mass is 9.95. The number of halogens is 3. The normalized spacial score (nSPS) is 24.8. The molecule has 0 spiro atoms. The van der Waals surface area contributed by atoms with Crippen molar-refractivity contribution in [2.45, 2.75) is 39.3 Å². The molecule has 0 saturated carbocycles. The van der Waals surface area contributed by atoms with E-state index in [1.54, 1.807) is 4.90 Å². The Kier molecular flexibility index (Phi) is 4.58. The molecule has 2 nitrogen and oxygen atoms in total. The quantitative estimate of drug-likeness (QED) is 0.917. The van der Waals surface area contributed by atoms with Gasteiger partial charge in [0.25, 0.3) is 0 Å². The van der Waals surface area contributed by atoms with Crippen LogP contribution in [0.3, 0.4) is 0 Å². The van der Waals surface area contributed by atoms with E-state index in [1.165, 1.54) is 0 Å². The van der Waals surface area contributed by atoms with E-state index in [2.05, 4.69) is 19.2 Å². The molecule has 1 fully saturated rings. The number of nitrogens with zero attached hydrogens (tertiary/aromatic N) is 1. The van der Waals surface area contributed by atoms with Gasteiger partial charge in [-0.2, -0.15) is 0 Å². The Bertz CT molecular complexity index is 455. The van der Waals surface area contributed by atoms with E-state index in [0.717, 1.165) is 18.6 Å². The zero-order valence-corrected chi connectivity index (χ0v) is 12.1. The first kappa shape index (κ1) is 15.2. The molecule has 3 atom stereocenters. The van der Waals surface area contributed by atoms with Gasteiger partial charge in [0, 0.05) is 37.3 Å². The first-order valence-corrected chi connectivity index (χ1v) is 7.08. The van der Waals surface area contributed by atoms with E-state index in [4.69, 9.17) is 0 Å². The van der Waals surface area contributed by atoms with Gasteiger partial charge in [0.2, 0.25) is 0 Å². The van der Waals surface area contributed by atoms with Crippen LogP contribution in [-0.2, 0) is 0 Å². The molecule has 1 aromatic rings. The van der Waals surface area contributed by atoms with Crippen LogP contribution in [0.15, 0.2) is 12.1 Å². The molecule has 0 radical (unpaired) electrons. The fourth-order valence-corrected chi connectivity index (χ4v) is 2.67. The first-order chi connectivity index (χ1) is 9.43. The van der Waals surface area contributed by atoms with Crippen LogP contribution in [0, 0.1) is 23.4 Å². The van der Waals surface area contributed by atoms with Crippen LogP contribution in [0.2, 0.25) is 0 Å². The van der Waals surface area contributed by atoms with E-state index in [-0.39, 0.29) is 17.8 Å². The minimum Gasteiger partial charge on any atom is -0.361 e. The Hall–Kier alpha value is -1.23. The fraction of sp³-hybridized carbons (Fsp3) is 0.600. The van der Waals surface area contributed by atoms with Gasteiger partial charge in [0.05, 0.1) is 0 Å². The molecule has 20 heavy (non-hydrogen) atoms. The molecular formula is C15H21F3N2. The van der Waals surface area contributed by atoms with Crippen molar-refractivity contribution in [3.63, 3.8) is 0 Å². The van der Waals surface area contributed by atoms with Crippen molar-refractivity contribution in [1.29, 1.82) is 0 Å². The van der Waals surface area contributed by atoms with Gasteiger partial charge in [0.15, 0.2) is 11.6 Å². The van der Waals surface area contributed by atoms with Gasteiger partial charge >= 0.3 is 0 Å². The number of piperazine rings is 1. The number of nitrogens with one attached hydrogen (secondary N) is 1. The number of benzene rings is 1. The SMILES string of the molecule is CCC(C)C1CN(c2c(F)cc(F)cc2F)C(C)CN1. The molecule has 1 heterocycles. The van der Waals surface area contributed by atoms with E-state index in [0.29, 0.717) is 19.0 Å². The topological polar surface area (TPSA) is 15.3 Å². The van der Waals surface area contributed by atoms with Crippen LogP contribution in [0.1, 0.15) is 27.2 Å². The number of anilines is 1. The van der Waals surface area contributed by atoms with E-state index in [9.17, 15) is 13.2 Å². The predicted octanol–water partition coefficient (Wildman–Crippen LogP) is 3.32. The molecule has 1 aliphatic heterocycles. The monoisotopic (exact) mass is 286 g/mol. The first-order valence-electron chi connectivity index (χ1n) is 7.08. The van der Waals surface area contributed by atoms with Crippen LogP contribution < -0.4 is 10.2 Å². The molecule has 0 aliphatic carbocycles. The molecular weight excluding hydrogens is 265 g/mol. The predicted molar refractivity (Wildman–Crippen MR) is 74.4 cm³/mol. The Morgan fingerprint density at radius 3 is 2.45 bits per heavy atom. The second-order valence-corrected chi connectivity index (χ2v) is 5.62. The second-order valence-electron chi connectivity index (χ2n) is 5.62. The van der Waals surface area contributed by atoms with Crippen LogP contribution in [0.5, 0.6) is 0 Å². The molecule has 3 unspecified atom stereocenters. The maximum Gasteiger partial charge on any atom is 0.152 e. The number of hydrogen-bond acceptors (Lipinski definition) is 2. The maximum absolute atomic E-state index is 13.9. The van der Waals surface area contributed by atoms with E-state index >= 15 is 0 Å². The molecule has 5 heteroatoms. The van der Waals surface area contributed by atoms with Crippen molar-refractivity contribution < 1.29 is 13.2 Å². The largest absolute Gasteiger partial charge is 0.361 e. The van der Waals surface area contributed by atoms with Gasteiger partial charge in [0.1, 0.15) is 11.5 Å². The lowest BCUT2D eigenvalue weighted by molar-refractivity contribution is 0.312. The van der Waals surface area contributed by atoms with Crippen molar-refractivity contribution in [1.82, 2.24) is 5.32 Å². The van der Waals surface area contributed by atoms with Gasteiger partial charge in [-0.15, -0.1) is 0 Å². The Morgan fingerprint density at radius 2 is 1.90 bits per heavy atom. The molecule has 1 N–H and O–H groups in total. The third-order valence-electron chi connectivity index (χ3n) is 4.20. The molecule has 1 saturated heterocycles. The smallest absolute Gasteiger partial charge is 0.152 e. The average molecular weight is 286 g/mol. The van der Waals surface area contributed by atoms with Crippen LogP contribution in [0.25, 0.3) is 0 Å². The summed E-state index contributed by atoms with van der Waals surface area (Å²) in [4.78, 5) is 1.71. The van der Waals surface area contributed by atoms with Crippen LogP contribution in [-0.4, -0.2) is 25.2 Å². The lowest BCUT2D eigenvalue weighted by Gasteiger charge is -2.42. The highest BCUT2D eigenvalue weighted by Gasteiger charge is 2.31. The molecule has 0 amide bonds. The summed E-state index contributed by atoms with van der Waals surface area (Å²) in [6.45, 7) is 7.29. The highest BCUT2D eigenvalue weighted by Crippen LogP contribution is 2.29. The summed E-state index contributed by atoms with van der Waals surface area (Å²) >= 11 is 0. The minimum absolute atomic E-state index is 0.0373. The average Bonchev–Trinajstić information content (AvgIpc) is 2.38. The van der Waals surface area contributed by atoms with Gasteiger partial charge in [-0.05, 0) is 12.8 Å². The maximum atomic E-state index is 13.9. The van der Waals surface area contributed by atoms with Crippen molar-refractivity contribution >= 4 is 5.69 Å². The summed E-state index contributed by atoms with van der Waals surface area (Å²) in [5.41, 5.74) is -0.117. The fourth-order valence-electron chi connectivity index (χ4n) is 2.67. The summed E-state index contributed by atoms with van der Waals surface area (Å²) in [5.74, 6) is -2.14. The van der Waals surface area contributed by atoms with Crippen molar-refractivity contribution in [2.75, 3.05) is 18.0 Å². The second kappa shape index (κ2) is 6.04. The van der Waals surface area contributed by atoms with Gasteiger partial charge in [-0.25, -0.2) is 13.2 Å². The third kappa shape index (κ3) is 2.92. The third-order valence-corrected chi connectivity index (χ3v) is 4.20. The molecule has 1 aromatic carbocycles. The molecule has 112 valence electrons. The summed E-state index contributed by atoms with van der Waals surface area (Å²) in [7, 11) is 0. The van der Waals surface area contributed by atoms with Crippen LogP contribution >= 0.6 is 0 Å². The summed E-state index contributed by atoms with van der Waals surface area (Å²) < 4.78 is 40.9. The lowest BCUT2D eigenvalue weighted by Crippen LogP contribution is -2.58. The van der Waals surface area contributed by atoms with Crippen molar-refractivity contribution in [3.8, 4) is 0 Å². The Labute approximate surface area is 118 Å². The highest BCUT2D eigenvalue weighted by molar-refractivity contribution is 5.51. The zero-order valence-electron chi connectivity index (χ0n) is 12.1. The summed E-state index contributed by atoms with van der Waals surface area (Å²) in [6, 6.07) is 1.63. The standard InChI is InChI=1S/C15H21F3N2/c1-4-9(2)14-8-20(10(3)7-19-14)15-12(17)5-11(16)6-13(15)18/h5-6,9-10,14,19H,4,7-8H2,1-3H3. The van der Waals surface area contributed by atoms with Crippen molar-refractivity contribution in [2.24, 2.45) is 5.92 Å².